The van der Waals surface area contributed by atoms with Crippen LogP contribution in [0.4, 0.5) is 0 Å². The van der Waals surface area contributed by atoms with Crippen molar-refractivity contribution in [1.82, 2.24) is 4.98 Å². The molecule has 0 bridgehead atoms. The maximum absolute atomic E-state index is 4.46. The minimum atomic E-state index is -0.107. The fourth-order valence-corrected chi connectivity index (χ4v) is 2.64. The molecule has 0 saturated carbocycles. The molecule has 0 N–H and O–H groups in total. The fraction of sp³-hybridized carbons (Fsp3) is 0.250. The van der Waals surface area contributed by atoms with Gasteiger partial charge in [0.05, 0.1) is 5.69 Å². The van der Waals surface area contributed by atoms with E-state index in [2.05, 4.69) is 25.0 Å². The smallest absolute Gasteiger partial charge is 0.163 e. The molecular weight excluding hydrogens is 246 g/mol. The summed E-state index contributed by atoms with van der Waals surface area (Å²) in [6.07, 6.45) is 3.08. The van der Waals surface area contributed by atoms with Crippen molar-refractivity contribution in [1.29, 1.82) is 0 Å². The monoisotopic (exact) mass is 257 g/mol. The number of pyridine rings is 1. The van der Waals surface area contributed by atoms with Gasteiger partial charge in [-0.1, -0.05) is 6.07 Å². The Morgan fingerprint density at radius 2 is 2.17 bits per heavy atom. The van der Waals surface area contributed by atoms with E-state index in [4.69, 9.17) is 0 Å². The molecule has 1 unspecified atom stereocenters. The van der Waals surface area contributed by atoms with Crippen LogP contribution in [-0.2, 0) is 5.75 Å². The van der Waals surface area contributed by atoms with Gasteiger partial charge >= 0.3 is 0 Å². The van der Waals surface area contributed by atoms with Crippen molar-refractivity contribution in [2.45, 2.75) is 18.7 Å². The van der Waals surface area contributed by atoms with Gasteiger partial charge in [0, 0.05) is 11.4 Å². The molecular formula is C12H11N5S. The van der Waals surface area contributed by atoms with Gasteiger partial charge < -0.3 is 0 Å². The summed E-state index contributed by atoms with van der Waals surface area (Å²) in [5, 5.41) is 0.931. The molecule has 0 spiro atoms. The van der Waals surface area contributed by atoms with Crippen LogP contribution in [0.25, 0.3) is 0 Å². The first-order valence-corrected chi connectivity index (χ1v) is 6.56. The summed E-state index contributed by atoms with van der Waals surface area (Å²) >= 11 is 1.64. The first-order chi connectivity index (χ1) is 8.83. The third-order valence-electron chi connectivity index (χ3n) is 2.57. The first-order valence-electron chi connectivity index (χ1n) is 5.58. The molecule has 0 fully saturated rings. The number of aryl methyl sites for hydroxylation is 1. The topological polar surface area (TPSA) is 62.3 Å². The van der Waals surface area contributed by atoms with Crippen LogP contribution in [0, 0.1) is 6.92 Å². The fourth-order valence-electron chi connectivity index (χ4n) is 1.73. The Balaban J connectivity index is 1.70. The van der Waals surface area contributed by atoms with Crippen molar-refractivity contribution in [3.05, 3.63) is 29.6 Å². The third kappa shape index (κ3) is 2.24. The highest BCUT2D eigenvalue weighted by atomic mass is 32.2. The van der Waals surface area contributed by atoms with E-state index >= 15 is 0 Å². The number of fused-ring (bicyclic) bond motifs is 1. The van der Waals surface area contributed by atoms with Crippen LogP contribution in [0.3, 0.4) is 0 Å². The van der Waals surface area contributed by atoms with Crippen LogP contribution in [0.1, 0.15) is 11.4 Å². The highest BCUT2D eigenvalue weighted by Gasteiger charge is 2.26. The van der Waals surface area contributed by atoms with Crippen LogP contribution in [-0.4, -0.2) is 34.6 Å². The molecule has 1 atom stereocenters. The zero-order valence-electron chi connectivity index (χ0n) is 9.82. The van der Waals surface area contributed by atoms with E-state index in [1.54, 1.807) is 18.1 Å². The number of nitrogens with zero attached hydrogens (tertiary/aromatic N) is 5. The summed E-state index contributed by atoms with van der Waals surface area (Å²) in [5.41, 5.74) is 2.08. The molecule has 90 valence electrons. The minimum Gasteiger partial charge on any atom is -0.257 e. The summed E-state index contributed by atoms with van der Waals surface area (Å²) in [6, 6.07) is 5.92. The van der Waals surface area contributed by atoms with E-state index in [0.29, 0.717) is 0 Å². The second-order valence-corrected chi connectivity index (χ2v) is 4.92. The van der Waals surface area contributed by atoms with E-state index in [1.165, 1.54) is 6.34 Å². The lowest BCUT2D eigenvalue weighted by atomic mass is 10.3. The average Bonchev–Trinajstić information content (AvgIpc) is 2.85. The predicted octanol–water partition coefficient (Wildman–Crippen LogP) is 1.87. The molecule has 2 aliphatic heterocycles. The van der Waals surface area contributed by atoms with Crippen LogP contribution in [0.2, 0.25) is 0 Å². The van der Waals surface area contributed by atoms with Gasteiger partial charge in [-0.3, -0.25) is 9.98 Å². The van der Waals surface area contributed by atoms with Crippen LogP contribution < -0.4 is 0 Å². The van der Waals surface area contributed by atoms with E-state index in [1.807, 2.05) is 25.1 Å². The number of aromatic nitrogens is 1. The molecule has 0 aromatic carbocycles. The van der Waals surface area contributed by atoms with E-state index in [9.17, 15) is 0 Å². The molecule has 2 aliphatic rings. The molecule has 5 nitrogen and oxygen atoms in total. The molecule has 0 radical (unpaired) electrons. The van der Waals surface area contributed by atoms with Gasteiger partial charge in [0.1, 0.15) is 17.7 Å². The van der Waals surface area contributed by atoms with E-state index < -0.39 is 0 Å². The SMILES string of the molecule is Cc1cccc(CSC2=NC=NC3=NC=NC32)n1. The van der Waals surface area contributed by atoms with E-state index in [-0.39, 0.29) is 6.04 Å². The highest BCUT2D eigenvalue weighted by Crippen LogP contribution is 2.21. The number of aliphatic imine (C=N–C) groups is 4. The second kappa shape index (κ2) is 4.81. The summed E-state index contributed by atoms with van der Waals surface area (Å²) in [4.78, 5) is 21.2. The van der Waals surface area contributed by atoms with Gasteiger partial charge in [0.15, 0.2) is 11.9 Å². The summed E-state index contributed by atoms with van der Waals surface area (Å²) in [7, 11) is 0. The minimum absolute atomic E-state index is 0.107. The summed E-state index contributed by atoms with van der Waals surface area (Å²) in [5.74, 6) is 1.51. The van der Waals surface area contributed by atoms with Crippen LogP contribution in [0.15, 0.2) is 38.2 Å². The Hall–Kier alpha value is -1.82. The van der Waals surface area contributed by atoms with Gasteiger partial charge in [-0.2, -0.15) is 0 Å². The molecule has 0 amide bonds. The van der Waals surface area contributed by atoms with Crippen molar-refractivity contribution < 1.29 is 0 Å². The number of hydrogen-bond acceptors (Lipinski definition) is 6. The third-order valence-corrected chi connectivity index (χ3v) is 3.64. The largest absolute Gasteiger partial charge is 0.257 e. The molecule has 1 aromatic rings. The number of amidine groups is 1. The standard InChI is InChI=1S/C12H11N5S/c1-8-3-2-4-9(17-8)5-18-12-10-11(14-6-13-10)15-7-16-12/h2-4,6-7,10H,5H2,1H3. The lowest BCUT2D eigenvalue weighted by Crippen LogP contribution is -2.25. The molecule has 0 aliphatic carbocycles. The Morgan fingerprint density at radius 3 is 3.06 bits per heavy atom. The number of rotatable bonds is 2. The van der Waals surface area contributed by atoms with Gasteiger partial charge in [-0.25, -0.2) is 15.0 Å². The van der Waals surface area contributed by atoms with Crippen molar-refractivity contribution in [2.75, 3.05) is 0 Å². The van der Waals surface area contributed by atoms with Crippen molar-refractivity contribution >= 4 is 35.3 Å². The summed E-state index contributed by atoms with van der Waals surface area (Å²) in [6.45, 7) is 1.99. The average molecular weight is 257 g/mol. The van der Waals surface area contributed by atoms with Gasteiger partial charge in [-0.15, -0.1) is 11.8 Å². The molecule has 6 heteroatoms. The second-order valence-electron chi connectivity index (χ2n) is 3.93. The normalized spacial score (nSPS) is 20.6. The molecule has 3 heterocycles. The zero-order chi connectivity index (χ0) is 12.4. The van der Waals surface area contributed by atoms with Crippen LogP contribution in [0.5, 0.6) is 0 Å². The molecule has 0 saturated heterocycles. The molecule has 18 heavy (non-hydrogen) atoms. The lowest BCUT2D eigenvalue weighted by molar-refractivity contribution is 1.11. The Morgan fingerprint density at radius 1 is 1.22 bits per heavy atom. The lowest BCUT2D eigenvalue weighted by Gasteiger charge is -2.13. The maximum atomic E-state index is 4.46. The maximum Gasteiger partial charge on any atom is 0.163 e. The molecule has 3 rings (SSSR count). The summed E-state index contributed by atoms with van der Waals surface area (Å²) < 4.78 is 0. The van der Waals surface area contributed by atoms with Gasteiger partial charge in [0.25, 0.3) is 0 Å². The van der Waals surface area contributed by atoms with Gasteiger partial charge in [-0.05, 0) is 19.1 Å². The Labute approximate surface area is 109 Å². The van der Waals surface area contributed by atoms with Gasteiger partial charge in [0.2, 0.25) is 0 Å². The van der Waals surface area contributed by atoms with E-state index in [0.717, 1.165) is 28.0 Å². The number of hydrogen-bond donors (Lipinski definition) is 0. The van der Waals surface area contributed by atoms with Crippen LogP contribution >= 0.6 is 11.8 Å². The quantitative estimate of drug-likeness (QED) is 0.812. The Bertz CT molecular complexity index is 588. The molecule has 1 aromatic heterocycles. The van der Waals surface area contributed by atoms with Crippen molar-refractivity contribution in [3.63, 3.8) is 0 Å². The predicted molar refractivity (Wildman–Crippen MR) is 75.9 cm³/mol. The number of thioether (sulfide) groups is 1. The zero-order valence-corrected chi connectivity index (χ0v) is 10.6. The first kappa shape index (κ1) is 11.3. The highest BCUT2D eigenvalue weighted by molar-refractivity contribution is 8.13. The Kier molecular flexibility index (Phi) is 3.02. The van der Waals surface area contributed by atoms with Crippen molar-refractivity contribution in [2.24, 2.45) is 20.0 Å². The van der Waals surface area contributed by atoms with Crippen molar-refractivity contribution in [3.8, 4) is 0 Å².